The van der Waals surface area contributed by atoms with Crippen molar-refractivity contribution in [1.82, 2.24) is 19.6 Å². The normalized spacial score (nSPS) is 14.6. The monoisotopic (exact) mass is 816 g/mol. The number of nitro benzene ring substituents is 2. The van der Waals surface area contributed by atoms with Crippen LogP contribution in [-0.4, -0.2) is 105 Å². The molecule has 2 saturated heterocycles. The summed E-state index contributed by atoms with van der Waals surface area (Å²) in [5.41, 5.74) is 3.40. The van der Waals surface area contributed by atoms with E-state index in [9.17, 15) is 39.4 Å². The van der Waals surface area contributed by atoms with Crippen LogP contribution in [0.25, 0.3) is 34.4 Å². The summed E-state index contributed by atoms with van der Waals surface area (Å²) < 4.78 is 0. The van der Waals surface area contributed by atoms with E-state index in [-0.39, 0.29) is 55.9 Å². The van der Waals surface area contributed by atoms with Crippen molar-refractivity contribution >= 4 is 58.9 Å². The number of rotatable bonds is 10. The first-order chi connectivity index (χ1) is 28.2. The molecule has 0 bridgehead atoms. The molecule has 0 N–H and O–H groups in total. The van der Waals surface area contributed by atoms with Crippen LogP contribution in [0.4, 0.5) is 11.4 Å². The van der Waals surface area contributed by atoms with E-state index in [0.717, 1.165) is 22.9 Å². The number of nitrogens with zero attached hydrogens (tertiary/aromatic N) is 6. The summed E-state index contributed by atoms with van der Waals surface area (Å²) in [5, 5.41) is 26.3. The zero-order valence-electron chi connectivity index (χ0n) is 33.3. The smallest absolute Gasteiger partial charge is 0.291 e. The van der Waals surface area contributed by atoms with Gasteiger partial charge < -0.3 is 19.6 Å². The standard InChI is InChI=1S/C44H44N6O8S/c1-29-9-5-7-11-35(29)41-33(15-19-39(53)47-25-21-45(22-26-47)31(3)51)13-17-37(43(41)49(55)56)59-38-18-14-34(16-20-40(54)48-27-23-46(24-28-48)32(4)52)42(44(38)50(57)58)36-12-8-6-10-30(36)2/h5-20H,21-28H2,1-4H3/b19-15+,20-16+. The molecule has 0 aromatic heterocycles. The number of carbonyl (C=O) groups excluding carboxylic acids is 4. The molecule has 59 heavy (non-hydrogen) atoms. The molecule has 6 rings (SSSR count). The molecule has 2 aliphatic heterocycles. The minimum absolute atomic E-state index is 0.0602. The van der Waals surface area contributed by atoms with Gasteiger partial charge in [-0.15, -0.1) is 0 Å². The molecule has 4 amide bonds. The molecule has 0 atom stereocenters. The first kappa shape index (κ1) is 42.0. The molecule has 15 heteroatoms. The minimum Gasteiger partial charge on any atom is -0.339 e. The number of piperazine rings is 2. The van der Waals surface area contributed by atoms with Crippen molar-refractivity contribution in [2.45, 2.75) is 37.5 Å². The Hall–Kier alpha value is -6.61. The van der Waals surface area contributed by atoms with Gasteiger partial charge in [0.25, 0.3) is 11.4 Å². The van der Waals surface area contributed by atoms with Crippen molar-refractivity contribution in [3.63, 3.8) is 0 Å². The Morgan fingerprint density at radius 2 is 0.881 bits per heavy atom. The van der Waals surface area contributed by atoms with Crippen LogP contribution in [0.1, 0.15) is 36.1 Å². The highest BCUT2D eigenvalue weighted by atomic mass is 32.2. The Balaban J connectivity index is 1.42. The van der Waals surface area contributed by atoms with Crippen LogP contribution in [-0.2, 0) is 19.2 Å². The molecule has 2 fully saturated rings. The first-order valence-corrected chi connectivity index (χ1v) is 19.9. The van der Waals surface area contributed by atoms with E-state index >= 15 is 0 Å². The largest absolute Gasteiger partial charge is 0.339 e. The molecule has 14 nitrogen and oxygen atoms in total. The van der Waals surface area contributed by atoms with E-state index < -0.39 is 9.85 Å². The quantitative estimate of drug-likeness (QED) is 0.0929. The highest BCUT2D eigenvalue weighted by Crippen LogP contribution is 2.49. The predicted molar refractivity (Wildman–Crippen MR) is 226 cm³/mol. The highest BCUT2D eigenvalue weighted by Gasteiger charge is 2.31. The molecule has 0 unspecified atom stereocenters. The Bertz CT molecular complexity index is 2230. The van der Waals surface area contributed by atoms with E-state index in [1.165, 1.54) is 38.1 Å². The van der Waals surface area contributed by atoms with Gasteiger partial charge in [0, 0.05) is 78.4 Å². The summed E-state index contributed by atoms with van der Waals surface area (Å²) in [4.78, 5) is 82.3. The molecule has 0 aliphatic carbocycles. The van der Waals surface area contributed by atoms with E-state index in [4.69, 9.17) is 0 Å². The number of benzene rings is 4. The molecule has 4 aromatic rings. The van der Waals surface area contributed by atoms with Gasteiger partial charge in [0.15, 0.2) is 0 Å². The fourth-order valence-electron chi connectivity index (χ4n) is 7.39. The Labute approximate surface area is 346 Å². The summed E-state index contributed by atoms with van der Waals surface area (Å²) in [7, 11) is 0. The molecule has 0 spiro atoms. The predicted octanol–water partition coefficient (Wildman–Crippen LogP) is 7.01. The van der Waals surface area contributed by atoms with Crippen LogP contribution >= 0.6 is 11.8 Å². The first-order valence-electron chi connectivity index (χ1n) is 19.1. The molecule has 2 heterocycles. The molecule has 0 saturated carbocycles. The minimum atomic E-state index is -0.503. The molecule has 4 aromatic carbocycles. The van der Waals surface area contributed by atoms with Crippen LogP contribution < -0.4 is 0 Å². The fraction of sp³-hybridized carbons (Fsp3) is 0.273. The maximum Gasteiger partial charge on any atom is 0.291 e. The summed E-state index contributed by atoms with van der Waals surface area (Å²) in [6, 6.07) is 20.8. The maximum atomic E-state index is 13.3. The van der Waals surface area contributed by atoms with Gasteiger partial charge in [-0.3, -0.25) is 39.4 Å². The third-order valence-electron chi connectivity index (χ3n) is 10.6. The van der Waals surface area contributed by atoms with Crippen molar-refractivity contribution in [2.75, 3.05) is 52.4 Å². The second-order valence-electron chi connectivity index (χ2n) is 14.3. The second kappa shape index (κ2) is 18.3. The lowest BCUT2D eigenvalue weighted by atomic mass is 9.94. The second-order valence-corrected chi connectivity index (χ2v) is 15.4. The Morgan fingerprint density at radius 1 is 0.542 bits per heavy atom. The zero-order valence-corrected chi connectivity index (χ0v) is 34.1. The lowest BCUT2D eigenvalue weighted by Crippen LogP contribution is -2.49. The summed E-state index contributed by atoms with van der Waals surface area (Å²) in [6.07, 6.45) is 5.85. The summed E-state index contributed by atoms with van der Waals surface area (Å²) in [6.45, 7) is 9.71. The maximum absolute atomic E-state index is 13.3. The number of hydrogen-bond acceptors (Lipinski definition) is 9. The lowest BCUT2D eigenvalue weighted by Gasteiger charge is -2.33. The van der Waals surface area contributed by atoms with Crippen molar-refractivity contribution in [3.05, 3.63) is 127 Å². The molecule has 2 aliphatic rings. The van der Waals surface area contributed by atoms with Crippen molar-refractivity contribution in [1.29, 1.82) is 0 Å². The van der Waals surface area contributed by atoms with Gasteiger partial charge in [-0.05, 0) is 71.5 Å². The van der Waals surface area contributed by atoms with Gasteiger partial charge >= 0.3 is 0 Å². The van der Waals surface area contributed by atoms with Gasteiger partial charge in [0.2, 0.25) is 23.6 Å². The van der Waals surface area contributed by atoms with E-state index in [1.54, 1.807) is 68.1 Å². The molecular formula is C44H44N6O8S. The average Bonchev–Trinajstić information content (AvgIpc) is 3.22. The van der Waals surface area contributed by atoms with Crippen LogP contribution in [0.2, 0.25) is 0 Å². The van der Waals surface area contributed by atoms with Gasteiger partial charge in [-0.1, -0.05) is 72.4 Å². The summed E-state index contributed by atoms with van der Waals surface area (Å²) in [5.74, 6) is -0.711. The lowest BCUT2D eigenvalue weighted by molar-refractivity contribution is -0.387. The third kappa shape index (κ3) is 9.41. The van der Waals surface area contributed by atoms with Crippen LogP contribution in [0.15, 0.2) is 94.7 Å². The van der Waals surface area contributed by atoms with Crippen molar-refractivity contribution < 1.29 is 29.0 Å². The Kier molecular flexibility index (Phi) is 13.0. The van der Waals surface area contributed by atoms with Crippen molar-refractivity contribution in [3.8, 4) is 22.3 Å². The molecular weight excluding hydrogens is 773 g/mol. The topological polar surface area (TPSA) is 168 Å². The number of hydrogen-bond donors (Lipinski definition) is 0. The Morgan fingerprint density at radius 3 is 1.20 bits per heavy atom. The van der Waals surface area contributed by atoms with E-state index in [1.807, 2.05) is 38.1 Å². The summed E-state index contributed by atoms with van der Waals surface area (Å²) >= 11 is 0.897. The van der Waals surface area contributed by atoms with Crippen molar-refractivity contribution in [2.24, 2.45) is 0 Å². The fourth-order valence-corrected chi connectivity index (χ4v) is 8.44. The number of aryl methyl sites for hydroxylation is 2. The number of amides is 4. The average molecular weight is 817 g/mol. The molecule has 0 radical (unpaired) electrons. The van der Waals surface area contributed by atoms with Crippen LogP contribution in [0.5, 0.6) is 0 Å². The van der Waals surface area contributed by atoms with Gasteiger partial charge in [0.05, 0.1) is 30.8 Å². The van der Waals surface area contributed by atoms with Crippen LogP contribution in [0, 0.1) is 34.1 Å². The number of nitro groups is 2. The number of carbonyl (C=O) groups is 4. The zero-order chi connectivity index (χ0) is 42.4. The van der Waals surface area contributed by atoms with E-state index in [0.29, 0.717) is 74.6 Å². The van der Waals surface area contributed by atoms with Gasteiger partial charge in [-0.25, -0.2) is 0 Å². The van der Waals surface area contributed by atoms with E-state index in [2.05, 4.69) is 0 Å². The van der Waals surface area contributed by atoms with Gasteiger partial charge in [-0.2, -0.15) is 0 Å². The third-order valence-corrected chi connectivity index (χ3v) is 11.7. The SMILES string of the molecule is CC(=O)N1CCN(C(=O)/C=C/c2ccc(Sc3ccc(/C=C/C(=O)N4CCN(C(C)=O)CC4)c(-c4ccccc4C)c3[N+](=O)[O-])c([N+](=O)[O-])c2-c2ccccc2C)CC1. The molecule has 304 valence electrons. The van der Waals surface area contributed by atoms with Gasteiger partial charge in [0.1, 0.15) is 0 Å². The highest BCUT2D eigenvalue weighted by molar-refractivity contribution is 7.99. The van der Waals surface area contributed by atoms with Crippen LogP contribution in [0.3, 0.4) is 0 Å².